The van der Waals surface area contributed by atoms with Crippen molar-refractivity contribution >= 4 is 43.4 Å². The average Bonchev–Trinajstić information content (AvgIpc) is 3.03. The number of rotatable bonds is 3. The third-order valence-corrected chi connectivity index (χ3v) is 6.48. The number of carbonyl (C=O) groups excluding carboxylic acids is 1. The third-order valence-electron chi connectivity index (χ3n) is 4.89. The fraction of sp³-hybridized carbons (Fsp3) is 0.529. The molecule has 0 saturated carbocycles. The van der Waals surface area contributed by atoms with Gasteiger partial charge < -0.3 is 10.2 Å². The van der Waals surface area contributed by atoms with Gasteiger partial charge in [-0.1, -0.05) is 15.9 Å². The van der Waals surface area contributed by atoms with Gasteiger partial charge in [0.2, 0.25) is 5.91 Å². The summed E-state index contributed by atoms with van der Waals surface area (Å²) in [5.74, 6) is 0.307. The number of nitrogens with zero attached hydrogens (tertiary/aromatic N) is 2. The van der Waals surface area contributed by atoms with Crippen molar-refractivity contribution in [1.82, 2.24) is 15.2 Å². The third kappa shape index (κ3) is 3.16. The number of aryl methyl sites for hydroxylation is 1. The van der Waals surface area contributed by atoms with E-state index in [1.54, 1.807) is 11.3 Å². The van der Waals surface area contributed by atoms with E-state index in [1.165, 1.54) is 11.1 Å². The van der Waals surface area contributed by atoms with Crippen LogP contribution in [0.2, 0.25) is 0 Å². The zero-order chi connectivity index (χ0) is 15.8. The van der Waals surface area contributed by atoms with Crippen LogP contribution >= 0.6 is 27.3 Å². The second kappa shape index (κ2) is 6.49. The molecule has 23 heavy (non-hydrogen) atoms. The van der Waals surface area contributed by atoms with Gasteiger partial charge in [0.25, 0.3) is 0 Å². The summed E-state index contributed by atoms with van der Waals surface area (Å²) in [6.45, 7) is 2.00. The predicted octanol–water partition coefficient (Wildman–Crippen LogP) is 3.34. The van der Waals surface area contributed by atoms with Crippen molar-refractivity contribution in [2.24, 2.45) is 0 Å². The van der Waals surface area contributed by atoms with Crippen LogP contribution in [0.5, 0.6) is 0 Å². The van der Waals surface area contributed by atoms with Crippen molar-refractivity contribution in [3.63, 3.8) is 0 Å². The Kier molecular flexibility index (Phi) is 4.39. The molecule has 2 aliphatic rings. The molecule has 4 nitrogen and oxygen atoms in total. The normalized spacial score (nSPS) is 24.1. The van der Waals surface area contributed by atoms with E-state index in [-0.39, 0.29) is 0 Å². The zero-order valence-electron chi connectivity index (χ0n) is 12.9. The molecule has 2 aliphatic heterocycles. The predicted molar refractivity (Wildman–Crippen MR) is 96.8 cm³/mol. The van der Waals surface area contributed by atoms with Crippen molar-refractivity contribution in [1.29, 1.82) is 0 Å². The van der Waals surface area contributed by atoms with Gasteiger partial charge >= 0.3 is 0 Å². The molecule has 2 atom stereocenters. The monoisotopic (exact) mass is 393 g/mol. The van der Waals surface area contributed by atoms with E-state index in [9.17, 15) is 4.79 Å². The molecule has 1 N–H and O–H groups in total. The highest BCUT2D eigenvalue weighted by molar-refractivity contribution is 9.10. The van der Waals surface area contributed by atoms with E-state index in [4.69, 9.17) is 0 Å². The van der Waals surface area contributed by atoms with Crippen LogP contribution < -0.4 is 5.32 Å². The Balaban J connectivity index is 1.44. The summed E-state index contributed by atoms with van der Waals surface area (Å²) in [5.41, 5.74) is 1.02. The Morgan fingerprint density at radius 1 is 1.35 bits per heavy atom. The molecule has 0 aliphatic carbocycles. The summed E-state index contributed by atoms with van der Waals surface area (Å²) in [6.07, 6.45) is 4.75. The first-order valence-corrected chi connectivity index (χ1v) is 9.88. The molecule has 0 radical (unpaired) electrons. The lowest BCUT2D eigenvalue weighted by molar-refractivity contribution is -0.133. The summed E-state index contributed by atoms with van der Waals surface area (Å²) in [5, 5.41) is 4.51. The van der Waals surface area contributed by atoms with E-state index < -0.39 is 0 Å². The van der Waals surface area contributed by atoms with E-state index in [1.807, 2.05) is 12.1 Å². The Morgan fingerprint density at radius 2 is 2.22 bits per heavy atom. The van der Waals surface area contributed by atoms with E-state index in [0.29, 0.717) is 24.4 Å². The van der Waals surface area contributed by atoms with Crippen molar-refractivity contribution in [3.05, 3.63) is 27.7 Å². The number of hydrogen-bond donors (Lipinski definition) is 1. The minimum atomic E-state index is 0.307. The Morgan fingerprint density at radius 3 is 3.13 bits per heavy atom. The maximum atomic E-state index is 12.7. The minimum absolute atomic E-state index is 0.307. The highest BCUT2D eigenvalue weighted by Gasteiger charge is 2.37. The lowest BCUT2D eigenvalue weighted by Crippen LogP contribution is -2.42. The molecule has 2 saturated heterocycles. The number of aromatic nitrogens is 1. The van der Waals surface area contributed by atoms with Gasteiger partial charge in [-0.25, -0.2) is 4.98 Å². The van der Waals surface area contributed by atoms with Crippen LogP contribution in [0, 0.1) is 0 Å². The number of hydrogen-bond acceptors (Lipinski definition) is 4. The number of nitrogens with one attached hydrogen (secondary N) is 1. The molecule has 2 fully saturated rings. The molecule has 2 aromatic rings. The maximum absolute atomic E-state index is 12.7. The minimum Gasteiger partial charge on any atom is -0.335 e. The van der Waals surface area contributed by atoms with Crippen LogP contribution in [0.15, 0.2) is 22.7 Å². The van der Waals surface area contributed by atoms with Gasteiger partial charge in [-0.15, -0.1) is 11.3 Å². The molecule has 3 heterocycles. The molecule has 6 heteroatoms. The molecule has 1 amide bonds. The number of thiazole rings is 1. The van der Waals surface area contributed by atoms with Crippen LogP contribution in [-0.4, -0.2) is 41.0 Å². The molecule has 1 aromatic carbocycles. The summed E-state index contributed by atoms with van der Waals surface area (Å²) in [6, 6.07) is 7.02. The topological polar surface area (TPSA) is 45.2 Å². The lowest BCUT2D eigenvalue weighted by Gasteiger charge is -2.27. The number of amides is 1. The molecule has 1 aromatic heterocycles. The summed E-state index contributed by atoms with van der Waals surface area (Å²) in [4.78, 5) is 19.6. The SMILES string of the molecule is O=C(CCc1nc2cc(Br)ccc2s1)N1C2CCNCC1CC2. The van der Waals surface area contributed by atoms with Crippen LogP contribution in [0.4, 0.5) is 0 Å². The summed E-state index contributed by atoms with van der Waals surface area (Å²) < 4.78 is 2.24. The lowest BCUT2D eigenvalue weighted by atomic mass is 10.1. The summed E-state index contributed by atoms with van der Waals surface area (Å²) >= 11 is 5.18. The van der Waals surface area contributed by atoms with E-state index in [2.05, 4.69) is 37.2 Å². The zero-order valence-corrected chi connectivity index (χ0v) is 15.3. The maximum Gasteiger partial charge on any atom is 0.223 e. The number of fused-ring (bicyclic) bond motifs is 3. The Bertz CT molecular complexity index is 718. The van der Waals surface area contributed by atoms with Crippen molar-refractivity contribution in [2.45, 2.75) is 44.2 Å². The molecule has 122 valence electrons. The van der Waals surface area contributed by atoms with Crippen LogP contribution in [0.1, 0.15) is 30.7 Å². The number of carbonyl (C=O) groups is 1. The second-order valence-electron chi connectivity index (χ2n) is 6.40. The van der Waals surface area contributed by atoms with Gasteiger partial charge in [0.05, 0.1) is 15.2 Å². The first-order valence-electron chi connectivity index (χ1n) is 8.27. The van der Waals surface area contributed by atoms with Crippen molar-refractivity contribution in [2.75, 3.05) is 13.1 Å². The average molecular weight is 394 g/mol. The van der Waals surface area contributed by atoms with Crippen molar-refractivity contribution < 1.29 is 4.79 Å². The van der Waals surface area contributed by atoms with Crippen LogP contribution in [0.25, 0.3) is 10.2 Å². The fourth-order valence-electron chi connectivity index (χ4n) is 3.79. The molecular formula is C17H20BrN3OS. The first-order chi connectivity index (χ1) is 11.2. The highest BCUT2D eigenvalue weighted by atomic mass is 79.9. The van der Waals surface area contributed by atoms with E-state index in [0.717, 1.165) is 47.3 Å². The fourth-order valence-corrected chi connectivity index (χ4v) is 5.08. The summed E-state index contributed by atoms with van der Waals surface area (Å²) in [7, 11) is 0. The number of benzene rings is 1. The van der Waals surface area contributed by atoms with Gasteiger partial charge in [-0.3, -0.25) is 4.79 Å². The van der Waals surface area contributed by atoms with Gasteiger partial charge in [0, 0.05) is 35.9 Å². The molecule has 2 unspecified atom stereocenters. The van der Waals surface area contributed by atoms with Crippen LogP contribution in [-0.2, 0) is 11.2 Å². The Labute approximate surface area is 148 Å². The molecule has 0 spiro atoms. The van der Waals surface area contributed by atoms with Gasteiger partial charge in [0.15, 0.2) is 0 Å². The Hall–Kier alpha value is -0.980. The molecule has 2 bridgehead atoms. The second-order valence-corrected chi connectivity index (χ2v) is 8.43. The highest BCUT2D eigenvalue weighted by Crippen LogP contribution is 2.30. The van der Waals surface area contributed by atoms with Gasteiger partial charge in [0.1, 0.15) is 0 Å². The van der Waals surface area contributed by atoms with Gasteiger partial charge in [-0.05, 0) is 44.0 Å². The quantitative estimate of drug-likeness (QED) is 0.869. The van der Waals surface area contributed by atoms with E-state index >= 15 is 0 Å². The first kappa shape index (κ1) is 15.5. The number of halogens is 1. The molecular weight excluding hydrogens is 374 g/mol. The smallest absolute Gasteiger partial charge is 0.223 e. The standard InChI is InChI=1S/C17H20BrN3OS/c18-11-1-4-15-14(9-11)20-16(23-15)5-6-17(22)21-12-2-3-13(21)10-19-8-7-12/h1,4,9,12-13,19H,2-3,5-8,10H2. The molecule has 4 rings (SSSR count). The largest absolute Gasteiger partial charge is 0.335 e. The van der Waals surface area contributed by atoms with Crippen molar-refractivity contribution in [3.8, 4) is 0 Å². The van der Waals surface area contributed by atoms with Crippen LogP contribution in [0.3, 0.4) is 0 Å². The van der Waals surface area contributed by atoms with Gasteiger partial charge in [-0.2, -0.15) is 0 Å².